The third-order valence-corrected chi connectivity index (χ3v) is 5.20. The molecule has 4 rings (SSSR count). The molecule has 1 saturated heterocycles. The monoisotopic (exact) mass is 409 g/mol. The van der Waals surface area contributed by atoms with E-state index in [-0.39, 0.29) is 5.57 Å². The van der Waals surface area contributed by atoms with E-state index in [1.807, 2.05) is 84.9 Å². The molecule has 5 heteroatoms. The number of anilines is 2. The van der Waals surface area contributed by atoms with Crippen molar-refractivity contribution in [2.75, 3.05) is 36.5 Å². The molecule has 31 heavy (non-hydrogen) atoms. The minimum absolute atomic E-state index is 0.0599. The summed E-state index contributed by atoms with van der Waals surface area (Å²) in [6, 6.07) is 27.5. The predicted octanol–water partition coefficient (Wildman–Crippen LogP) is 4.74. The van der Waals surface area contributed by atoms with E-state index in [0.29, 0.717) is 5.69 Å². The topological polar surface area (TPSA) is 65.4 Å². The zero-order valence-corrected chi connectivity index (χ0v) is 17.1. The predicted molar refractivity (Wildman–Crippen MR) is 124 cm³/mol. The molecule has 1 heterocycles. The van der Waals surface area contributed by atoms with Gasteiger partial charge in [-0.05, 0) is 47.0 Å². The van der Waals surface area contributed by atoms with Crippen molar-refractivity contribution in [1.82, 2.24) is 0 Å². The summed E-state index contributed by atoms with van der Waals surface area (Å²) in [4.78, 5) is 14.8. The number of amides is 1. The smallest absolute Gasteiger partial charge is 0.266 e. The van der Waals surface area contributed by atoms with Crippen molar-refractivity contribution < 1.29 is 9.53 Å². The van der Waals surface area contributed by atoms with Gasteiger partial charge in [0.25, 0.3) is 5.91 Å². The molecule has 3 aromatic rings. The summed E-state index contributed by atoms with van der Waals surface area (Å²) in [5.41, 5.74) is 4.81. The summed E-state index contributed by atoms with van der Waals surface area (Å²) in [5.74, 6) is -0.422. The molecule has 1 aliphatic heterocycles. The second kappa shape index (κ2) is 9.75. The summed E-state index contributed by atoms with van der Waals surface area (Å²) in [5, 5.41) is 12.3. The van der Waals surface area contributed by atoms with Gasteiger partial charge in [0.05, 0.1) is 13.2 Å². The van der Waals surface area contributed by atoms with Crippen molar-refractivity contribution >= 4 is 23.4 Å². The minimum atomic E-state index is -0.422. The maximum Gasteiger partial charge on any atom is 0.266 e. The number of benzene rings is 3. The van der Waals surface area contributed by atoms with Crippen molar-refractivity contribution in [2.45, 2.75) is 0 Å². The molecular weight excluding hydrogens is 386 g/mol. The molecular formula is C26H23N3O2. The summed E-state index contributed by atoms with van der Waals surface area (Å²) in [6.45, 7) is 3.16. The van der Waals surface area contributed by atoms with Gasteiger partial charge in [-0.25, -0.2) is 0 Å². The van der Waals surface area contributed by atoms with Crippen LogP contribution in [-0.4, -0.2) is 32.2 Å². The van der Waals surface area contributed by atoms with Crippen molar-refractivity contribution in [1.29, 1.82) is 5.26 Å². The summed E-state index contributed by atoms with van der Waals surface area (Å²) < 4.78 is 5.38. The summed E-state index contributed by atoms with van der Waals surface area (Å²) >= 11 is 0. The Balaban J connectivity index is 1.43. The standard InChI is InChI=1S/C26H23N3O2/c27-19-23(18-20-6-8-22(9-7-20)21-4-2-1-3-5-21)26(30)28-24-10-12-25(13-11-24)29-14-16-31-17-15-29/h1-13,18H,14-17H2,(H,28,30)/b23-18-. The van der Waals surface area contributed by atoms with Crippen LogP contribution < -0.4 is 10.2 Å². The third kappa shape index (κ3) is 5.19. The normalized spacial score (nSPS) is 14.0. The van der Waals surface area contributed by atoms with Crippen LogP contribution in [0.25, 0.3) is 17.2 Å². The number of nitriles is 1. The van der Waals surface area contributed by atoms with Gasteiger partial charge >= 0.3 is 0 Å². The minimum Gasteiger partial charge on any atom is -0.378 e. The average Bonchev–Trinajstić information content (AvgIpc) is 2.84. The van der Waals surface area contributed by atoms with Crippen molar-refractivity contribution in [3.63, 3.8) is 0 Å². The molecule has 0 unspecified atom stereocenters. The average molecular weight is 409 g/mol. The first-order valence-electron chi connectivity index (χ1n) is 10.2. The number of hydrogen-bond donors (Lipinski definition) is 1. The van der Waals surface area contributed by atoms with E-state index in [1.165, 1.54) is 0 Å². The number of nitrogens with one attached hydrogen (secondary N) is 1. The van der Waals surface area contributed by atoms with Gasteiger partial charge in [-0.2, -0.15) is 5.26 Å². The van der Waals surface area contributed by atoms with E-state index in [1.54, 1.807) is 6.08 Å². The highest BCUT2D eigenvalue weighted by atomic mass is 16.5. The van der Waals surface area contributed by atoms with Gasteiger partial charge in [-0.3, -0.25) is 4.79 Å². The number of hydrogen-bond acceptors (Lipinski definition) is 4. The van der Waals surface area contributed by atoms with Crippen LogP contribution in [0.5, 0.6) is 0 Å². The molecule has 0 bridgehead atoms. The zero-order valence-electron chi connectivity index (χ0n) is 17.1. The first-order chi connectivity index (χ1) is 15.2. The highest BCUT2D eigenvalue weighted by Gasteiger charge is 2.13. The van der Waals surface area contributed by atoms with Crippen molar-refractivity contribution in [2.24, 2.45) is 0 Å². The van der Waals surface area contributed by atoms with Crippen molar-refractivity contribution in [3.05, 3.63) is 90.0 Å². The maximum absolute atomic E-state index is 12.6. The van der Waals surface area contributed by atoms with Crippen LogP contribution in [-0.2, 0) is 9.53 Å². The zero-order chi connectivity index (χ0) is 21.5. The summed E-state index contributed by atoms with van der Waals surface area (Å²) in [6.07, 6.45) is 1.60. The highest BCUT2D eigenvalue weighted by molar-refractivity contribution is 6.09. The molecule has 1 amide bonds. The molecule has 0 saturated carbocycles. The number of ether oxygens (including phenoxy) is 1. The maximum atomic E-state index is 12.6. The Hall–Kier alpha value is -3.88. The van der Waals surface area contributed by atoms with Gasteiger partial charge < -0.3 is 15.0 Å². The Morgan fingerprint density at radius 2 is 1.55 bits per heavy atom. The lowest BCUT2D eigenvalue weighted by molar-refractivity contribution is -0.112. The number of rotatable bonds is 5. The first kappa shape index (κ1) is 20.4. The fraction of sp³-hybridized carbons (Fsp3) is 0.154. The number of carbonyl (C=O) groups excluding carboxylic acids is 1. The SMILES string of the molecule is N#C/C(=C/c1ccc(-c2ccccc2)cc1)C(=O)Nc1ccc(N2CCOCC2)cc1. The van der Waals surface area contributed by atoms with Gasteiger partial charge in [0.2, 0.25) is 0 Å². The molecule has 1 fully saturated rings. The number of nitrogens with zero attached hydrogens (tertiary/aromatic N) is 2. The van der Waals surface area contributed by atoms with E-state index in [9.17, 15) is 10.1 Å². The lowest BCUT2D eigenvalue weighted by Gasteiger charge is -2.28. The molecule has 0 aromatic heterocycles. The van der Waals surface area contributed by atoms with E-state index < -0.39 is 5.91 Å². The number of carbonyl (C=O) groups is 1. The van der Waals surface area contributed by atoms with Gasteiger partial charge in [-0.1, -0.05) is 54.6 Å². The van der Waals surface area contributed by atoms with Crippen LogP contribution in [0.3, 0.4) is 0 Å². The molecule has 3 aromatic carbocycles. The molecule has 0 aliphatic carbocycles. The lowest BCUT2D eigenvalue weighted by Crippen LogP contribution is -2.36. The molecule has 1 N–H and O–H groups in total. The Bertz CT molecular complexity index is 1090. The van der Waals surface area contributed by atoms with Crippen LogP contribution in [0.1, 0.15) is 5.56 Å². The molecule has 154 valence electrons. The second-order valence-electron chi connectivity index (χ2n) is 7.26. The lowest BCUT2D eigenvalue weighted by atomic mass is 10.0. The van der Waals surface area contributed by atoms with Gasteiger partial charge in [0.15, 0.2) is 0 Å². The fourth-order valence-electron chi connectivity index (χ4n) is 3.49. The first-order valence-corrected chi connectivity index (χ1v) is 10.2. The Kier molecular flexibility index (Phi) is 6.41. The van der Waals surface area contributed by atoms with E-state index >= 15 is 0 Å². The van der Waals surface area contributed by atoms with E-state index in [0.717, 1.165) is 48.7 Å². The van der Waals surface area contributed by atoms with Crippen molar-refractivity contribution in [3.8, 4) is 17.2 Å². The molecule has 1 aliphatic rings. The summed E-state index contributed by atoms with van der Waals surface area (Å²) in [7, 11) is 0. The fourth-order valence-corrected chi connectivity index (χ4v) is 3.49. The van der Waals surface area contributed by atoms with E-state index in [4.69, 9.17) is 4.74 Å². The third-order valence-electron chi connectivity index (χ3n) is 5.20. The molecule has 0 atom stereocenters. The Morgan fingerprint density at radius 1 is 0.903 bits per heavy atom. The molecule has 5 nitrogen and oxygen atoms in total. The van der Waals surface area contributed by atoms with Crippen LogP contribution in [0.15, 0.2) is 84.4 Å². The highest BCUT2D eigenvalue weighted by Crippen LogP contribution is 2.21. The quantitative estimate of drug-likeness (QED) is 0.488. The Morgan fingerprint density at radius 3 is 2.19 bits per heavy atom. The van der Waals surface area contributed by atoms with Crippen LogP contribution in [0.4, 0.5) is 11.4 Å². The van der Waals surface area contributed by atoms with E-state index in [2.05, 4.69) is 10.2 Å². The second-order valence-corrected chi connectivity index (χ2v) is 7.26. The molecule has 0 spiro atoms. The van der Waals surface area contributed by atoms with Gasteiger partial charge in [0, 0.05) is 24.5 Å². The van der Waals surface area contributed by atoms with Crippen LogP contribution in [0, 0.1) is 11.3 Å². The molecule has 0 radical (unpaired) electrons. The Labute approximate surface area is 182 Å². The number of morpholine rings is 1. The van der Waals surface area contributed by atoms with Crippen LogP contribution in [0.2, 0.25) is 0 Å². The largest absolute Gasteiger partial charge is 0.378 e. The van der Waals surface area contributed by atoms with Gasteiger partial charge in [0.1, 0.15) is 11.6 Å². The van der Waals surface area contributed by atoms with Crippen LogP contribution >= 0.6 is 0 Å². The van der Waals surface area contributed by atoms with Gasteiger partial charge in [-0.15, -0.1) is 0 Å².